The number of benzene rings is 1. The highest BCUT2D eigenvalue weighted by atomic mass is 32.1. The fourth-order valence-electron chi connectivity index (χ4n) is 3.95. The zero-order valence-corrected chi connectivity index (χ0v) is 15.7. The van der Waals surface area contributed by atoms with Crippen molar-refractivity contribution in [3.63, 3.8) is 0 Å². The van der Waals surface area contributed by atoms with Crippen LogP contribution in [0.1, 0.15) is 23.8 Å². The number of aromatic hydroxyl groups is 1. The van der Waals surface area contributed by atoms with Gasteiger partial charge in [0.25, 0.3) is 0 Å². The van der Waals surface area contributed by atoms with Gasteiger partial charge in [0.1, 0.15) is 5.75 Å². The number of hydrogen-bond acceptors (Lipinski definition) is 5. The molecule has 2 fully saturated rings. The van der Waals surface area contributed by atoms with Gasteiger partial charge in [-0.15, -0.1) is 11.3 Å². The molecule has 1 unspecified atom stereocenters. The number of phenols is 1. The van der Waals surface area contributed by atoms with Gasteiger partial charge in [-0.2, -0.15) is 0 Å². The number of carbonyl (C=O) groups is 1. The number of phenolic OH excluding ortho intramolecular Hbond substituents is 1. The van der Waals surface area contributed by atoms with Crippen molar-refractivity contribution in [1.29, 1.82) is 0 Å². The van der Waals surface area contributed by atoms with E-state index < -0.39 is 0 Å². The van der Waals surface area contributed by atoms with Gasteiger partial charge >= 0.3 is 0 Å². The summed E-state index contributed by atoms with van der Waals surface area (Å²) in [6, 6.07) is 11.9. The summed E-state index contributed by atoms with van der Waals surface area (Å²) in [6.07, 6.45) is 2.18. The Kier molecular flexibility index (Phi) is 5.13. The Bertz CT molecular complexity index is 724. The molecule has 2 aliphatic rings. The molecule has 0 spiro atoms. The summed E-state index contributed by atoms with van der Waals surface area (Å²) < 4.78 is 0. The Morgan fingerprint density at radius 3 is 2.54 bits per heavy atom. The molecule has 1 aromatic heterocycles. The molecule has 3 heterocycles. The van der Waals surface area contributed by atoms with Crippen molar-refractivity contribution in [2.75, 3.05) is 44.2 Å². The van der Waals surface area contributed by atoms with Crippen molar-refractivity contribution in [3.05, 3.63) is 46.7 Å². The van der Waals surface area contributed by atoms with Crippen molar-refractivity contribution in [3.8, 4) is 5.75 Å². The number of piperazine rings is 1. The van der Waals surface area contributed by atoms with Crippen LogP contribution < -0.4 is 4.90 Å². The van der Waals surface area contributed by atoms with Crippen molar-refractivity contribution in [2.45, 2.75) is 18.9 Å². The van der Waals surface area contributed by atoms with E-state index in [0.717, 1.165) is 51.3 Å². The molecule has 2 aliphatic heterocycles. The second-order valence-electron chi connectivity index (χ2n) is 7.04. The summed E-state index contributed by atoms with van der Waals surface area (Å²) in [4.78, 5) is 20.8. The van der Waals surface area contributed by atoms with E-state index >= 15 is 0 Å². The van der Waals surface area contributed by atoms with Gasteiger partial charge in [0.2, 0.25) is 5.91 Å². The van der Waals surface area contributed by atoms with Gasteiger partial charge in [-0.25, -0.2) is 0 Å². The van der Waals surface area contributed by atoms with Crippen LogP contribution in [0.15, 0.2) is 41.8 Å². The molecule has 2 saturated heterocycles. The summed E-state index contributed by atoms with van der Waals surface area (Å²) in [5.74, 6) is 0.558. The van der Waals surface area contributed by atoms with Gasteiger partial charge in [-0.3, -0.25) is 9.69 Å². The Hall–Kier alpha value is -2.05. The molecule has 0 radical (unpaired) electrons. The van der Waals surface area contributed by atoms with E-state index in [2.05, 4.69) is 32.2 Å². The molecule has 0 saturated carbocycles. The van der Waals surface area contributed by atoms with Crippen LogP contribution in [-0.4, -0.2) is 60.1 Å². The van der Waals surface area contributed by atoms with Gasteiger partial charge in [-0.05, 0) is 48.6 Å². The lowest BCUT2D eigenvalue weighted by atomic mass is 10.2. The molecular formula is C20H25N3O2S. The SMILES string of the molecule is O=C(CN1CCN(c2ccc(O)cc2)CC1)N1CCCC1c1cccs1. The van der Waals surface area contributed by atoms with Gasteiger partial charge < -0.3 is 14.9 Å². The van der Waals surface area contributed by atoms with Crippen LogP contribution in [0.3, 0.4) is 0 Å². The molecule has 138 valence electrons. The summed E-state index contributed by atoms with van der Waals surface area (Å²) in [6.45, 7) is 5.01. The summed E-state index contributed by atoms with van der Waals surface area (Å²) in [5, 5.41) is 11.5. The van der Waals surface area contributed by atoms with Crippen LogP contribution in [0.5, 0.6) is 5.75 Å². The zero-order valence-electron chi connectivity index (χ0n) is 14.9. The third-order valence-electron chi connectivity index (χ3n) is 5.39. The quantitative estimate of drug-likeness (QED) is 0.898. The second kappa shape index (κ2) is 7.68. The molecule has 0 aliphatic carbocycles. The van der Waals surface area contributed by atoms with Gasteiger partial charge in [0.15, 0.2) is 0 Å². The highest BCUT2D eigenvalue weighted by Crippen LogP contribution is 2.34. The summed E-state index contributed by atoms with van der Waals surface area (Å²) in [7, 11) is 0. The maximum atomic E-state index is 12.9. The highest BCUT2D eigenvalue weighted by Gasteiger charge is 2.31. The van der Waals surface area contributed by atoms with Crippen LogP contribution in [0, 0.1) is 0 Å². The summed E-state index contributed by atoms with van der Waals surface area (Å²) >= 11 is 1.75. The number of amides is 1. The number of carbonyl (C=O) groups excluding carboxylic acids is 1. The Balaban J connectivity index is 1.31. The minimum absolute atomic E-state index is 0.263. The number of likely N-dealkylation sites (tertiary alicyclic amines) is 1. The van der Waals surface area contributed by atoms with E-state index in [0.29, 0.717) is 12.3 Å². The third-order valence-corrected chi connectivity index (χ3v) is 6.36. The van der Waals surface area contributed by atoms with Gasteiger partial charge in [0, 0.05) is 43.3 Å². The normalized spacial score (nSPS) is 21.3. The topological polar surface area (TPSA) is 47.0 Å². The monoisotopic (exact) mass is 371 g/mol. The molecular weight excluding hydrogens is 346 g/mol. The molecule has 2 aromatic rings. The lowest BCUT2D eigenvalue weighted by Gasteiger charge is -2.36. The molecule has 5 nitrogen and oxygen atoms in total. The molecule has 1 amide bonds. The van der Waals surface area contributed by atoms with Crippen molar-refractivity contribution in [2.24, 2.45) is 0 Å². The molecule has 1 atom stereocenters. The minimum atomic E-state index is 0.263. The number of nitrogens with zero attached hydrogens (tertiary/aromatic N) is 3. The fraction of sp³-hybridized carbons (Fsp3) is 0.450. The first-order valence-electron chi connectivity index (χ1n) is 9.30. The van der Waals surface area contributed by atoms with Crippen LogP contribution >= 0.6 is 11.3 Å². The second-order valence-corrected chi connectivity index (χ2v) is 8.02. The highest BCUT2D eigenvalue weighted by molar-refractivity contribution is 7.10. The smallest absolute Gasteiger partial charge is 0.237 e. The third kappa shape index (κ3) is 3.71. The Labute approximate surface area is 158 Å². The maximum absolute atomic E-state index is 12.9. The van der Waals surface area contributed by atoms with E-state index in [9.17, 15) is 9.90 Å². The number of hydrogen-bond donors (Lipinski definition) is 1. The van der Waals surface area contributed by atoms with Crippen LogP contribution in [0.4, 0.5) is 5.69 Å². The Morgan fingerprint density at radius 1 is 1.08 bits per heavy atom. The fourth-order valence-corrected chi connectivity index (χ4v) is 4.83. The number of rotatable bonds is 4. The lowest BCUT2D eigenvalue weighted by Crippen LogP contribution is -2.50. The number of thiophene rings is 1. The van der Waals surface area contributed by atoms with Crippen LogP contribution in [-0.2, 0) is 4.79 Å². The number of anilines is 1. The Morgan fingerprint density at radius 2 is 1.85 bits per heavy atom. The first-order chi connectivity index (χ1) is 12.7. The van der Waals surface area contributed by atoms with Crippen molar-refractivity contribution in [1.82, 2.24) is 9.80 Å². The van der Waals surface area contributed by atoms with Crippen molar-refractivity contribution >= 4 is 22.9 Å². The first kappa shape index (κ1) is 17.4. The predicted molar refractivity (Wildman–Crippen MR) is 105 cm³/mol. The average molecular weight is 372 g/mol. The standard InChI is InChI=1S/C20H25N3O2S/c24-17-7-5-16(6-8-17)22-12-10-21(11-13-22)15-20(25)23-9-1-3-18(23)19-4-2-14-26-19/h2,4-8,14,18,24H,1,3,9-13,15H2. The van der Waals surface area contributed by atoms with Crippen LogP contribution in [0.25, 0.3) is 0 Å². The molecule has 6 heteroatoms. The molecule has 4 rings (SSSR count). The largest absolute Gasteiger partial charge is 0.508 e. The van der Waals surface area contributed by atoms with Gasteiger partial charge in [-0.1, -0.05) is 6.07 Å². The van der Waals surface area contributed by atoms with E-state index in [1.165, 1.54) is 4.88 Å². The predicted octanol–water partition coefficient (Wildman–Crippen LogP) is 2.94. The first-order valence-corrected chi connectivity index (χ1v) is 10.2. The molecule has 26 heavy (non-hydrogen) atoms. The van der Waals surface area contributed by atoms with E-state index in [1.54, 1.807) is 23.5 Å². The maximum Gasteiger partial charge on any atom is 0.237 e. The minimum Gasteiger partial charge on any atom is -0.508 e. The molecule has 1 N–H and O–H groups in total. The lowest BCUT2D eigenvalue weighted by molar-refractivity contribution is -0.133. The van der Waals surface area contributed by atoms with E-state index in [1.807, 2.05) is 12.1 Å². The van der Waals surface area contributed by atoms with Crippen molar-refractivity contribution < 1.29 is 9.90 Å². The molecule has 0 bridgehead atoms. The van der Waals surface area contributed by atoms with E-state index in [-0.39, 0.29) is 11.9 Å². The zero-order chi connectivity index (χ0) is 17.9. The summed E-state index contributed by atoms with van der Waals surface area (Å²) in [5.41, 5.74) is 1.13. The van der Waals surface area contributed by atoms with Gasteiger partial charge in [0.05, 0.1) is 12.6 Å². The average Bonchev–Trinajstić information content (AvgIpc) is 3.34. The van der Waals surface area contributed by atoms with Crippen LogP contribution in [0.2, 0.25) is 0 Å². The van der Waals surface area contributed by atoms with E-state index in [4.69, 9.17) is 0 Å². The molecule has 1 aromatic carbocycles.